The van der Waals surface area contributed by atoms with Crippen LogP contribution in [0.5, 0.6) is 11.5 Å². The summed E-state index contributed by atoms with van der Waals surface area (Å²) in [5.74, 6) is 2.09. The highest BCUT2D eigenvalue weighted by atomic mass is 16.5. The van der Waals surface area contributed by atoms with Crippen molar-refractivity contribution in [3.63, 3.8) is 0 Å². The SMILES string of the molecule is COc1ccc(/C=N/NC(=O)[C@H]2[C@@H]3CCCC[C@@]32C)c(OC)c1. The van der Waals surface area contributed by atoms with Crippen LogP contribution in [0.1, 0.15) is 38.2 Å². The van der Waals surface area contributed by atoms with Gasteiger partial charge in [-0.3, -0.25) is 4.79 Å². The summed E-state index contributed by atoms with van der Waals surface area (Å²) in [6.45, 7) is 2.23. The lowest BCUT2D eigenvalue weighted by Gasteiger charge is -2.15. The molecule has 5 nitrogen and oxygen atoms in total. The standard InChI is InChI=1S/C18H24N2O3/c1-18-9-5-4-6-14(18)16(18)17(21)20-19-11-12-7-8-13(22-2)10-15(12)23-3/h7-8,10-11,14,16H,4-6,9H2,1-3H3,(H,20,21)/b19-11+/t14-,16+,18-/m0/s1. The van der Waals surface area contributed by atoms with Gasteiger partial charge in [0, 0.05) is 17.5 Å². The van der Waals surface area contributed by atoms with E-state index in [0.29, 0.717) is 11.7 Å². The van der Waals surface area contributed by atoms with Crippen molar-refractivity contribution in [2.24, 2.45) is 22.4 Å². The number of fused-ring (bicyclic) bond motifs is 1. The summed E-state index contributed by atoms with van der Waals surface area (Å²) in [6, 6.07) is 5.48. The van der Waals surface area contributed by atoms with Crippen LogP contribution in [0, 0.1) is 17.3 Å². The average molecular weight is 316 g/mol. The second kappa shape index (κ2) is 6.22. The number of ether oxygens (including phenoxy) is 2. The van der Waals surface area contributed by atoms with Crippen LogP contribution in [0.3, 0.4) is 0 Å². The van der Waals surface area contributed by atoms with E-state index in [0.717, 1.165) is 17.7 Å². The van der Waals surface area contributed by atoms with E-state index in [1.165, 1.54) is 19.3 Å². The van der Waals surface area contributed by atoms with Crippen LogP contribution >= 0.6 is 0 Å². The van der Waals surface area contributed by atoms with Crippen molar-refractivity contribution in [3.05, 3.63) is 23.8 Å². The van der Waals surface area contributed by atoms with Crippen LogP contribution < -0.4 is 14.9 Å². The predicted molar refractivity (Wildman–Crippen MR) is 88.8 cm³/mol. The number of methoxy groups -OCH3 is 2. The minimum absolute atomic E-state index is 0.0446. The molecule has 5 heteroatoms. The van der Waals surface area contributed by atoms with Gasteiger partial charge in [-0.25, -0.2) is 5.43 Å². The molecule has 2 aliphatic carbocycles. The molecule has 2 fully saturated rings. The highest BCUT2D eigenvalue weighted by molar-refractivity contribution is 5.87. The molecule has 3 atom stereocenters. The number of benzene rings is 1. The second-order valence-corrected chi connectivity index (χ2v) is 6.68. The highest BCUT2D eigenvalue weighted by Crippen LogP contribution is 2.66. The van der Waals surface area contributed by atoms with Gasteiger partial charge in [0.15, 0.2) is 0 Å². The van der Waals surface area contributed by atoms with Crippen LogP contribution in [0.15, 0.2) is 23.3 Å². The Morgan fingerprint density at radius 2 is 2.17 bits per heavy atom. The number of carbonyl (C=O) groups excluding carboxylic acids is 1. The zero-order chi connectivity index (χ0) is 16.4. The summed E-state index contributed by atoms with van der Waals surface area (Å²) in [4.78, 5) is 12.3. The van der Waals surface area contributed by atoms with Crippen molar-refractivity contribution in [3.8, 4) is 11.5 Å². The van der Waals surface area contributed by atoms with E-state index < -0.39 is 0 Å². The molecule has 1 N–H and O–H groups in total. The molecule has 0 unspecified atom stereocenters. The fourth-order valence-electron chi connectivity index (χ4n) is 4.01. The molecule has 124 valence electrons. The Balaban J connectivity index is 1.62. The monoisotopic (exact) mass is 316 g/mol. The maximum Gasteiger partial charge on any atom is 0.244 e. The van der Waals surface area contributed by atoms with E-state index in [1.54, 1.807) is 26.5 Å². The molecular weight excluding hydrogens is 292 g/mol. The Bertz CT molecular complexity index is 629. The molecular formula is C18H24N2O3. The third-order valence-corrected chi connectivity index (χ3v) is 5.43. The Morgan fingerprint density at radius 1 is 1.35 bits per heavy atom. The number of amides is 1. The molecule has 0 saturated heterocycles. The first-order valence-corrected chi connectivity index (χ1v) is 8.15. The van der Waals surface area contributed by atoms with Crippen molar-refractivity contribution >= 4 is 12.1 Å². The smallest absolute Gasteiger partial charge is 0.244 e. The van der Waals surface area contributed by atoms with Gasteiger partial charge in [-0.1, -0.05) is 19.8 Å². The maximum absolute atomic E-state index is 12.3. The Hall–Kier alpha value is -2.04. The lowest BCUT2D eigenvalue weighted by Crippen LogP contribution is -2.22. The van der Waals surface area contributed by atoms with Crippen LogP contribution in [0.25, 0.3) is 0 Å². The summed E-state index contributed by atoms with van der Waals surface area (Å²) in [6.07, 6.45) is 6.43. The van der Waals surface area contributed by atoms with E-state index >= 15 is 0 Å². The molecule has 0 aliphatic heterocycles. The van der Waals surface area contributed by atoms with E-state index in [4.69, 9.17) is 9.47 Å². The number of rotatable bonds is 5. The van der Waals surface area contributed by atoms with Gasteiger partial charge in [0.05, 0.1) is 20.4 Å². The van der Waals surface area contributed by atoms with Gasteiger partial charge in [-0.15, -0.1) is 0 Å². The van der Waals surface area contributed by atoms with Crippen LogP contribution in [-0.2, 0) is 4.79 Å². The molecule has 2 aliphatic rings. The highest BCUT2D eigenvalue weighted by Gasteiger charge is 2.64. The molecule has 0 aromatic heterocycles. The van der Waals surface area contributed by atoms with Crippen molar-refractivity contribution in [1.29, 1.82) is 0 Å². The summed E-state index contributed by atoms with van der Waals surface area (Å²) in [5.41, 5.74) is 3.70. The van der Waals surface area contributed by atoms with E-state index in [1.807, 2.05) is 12.1 Å². The van der Waals surface area contributed by atoms with E-state index in [-0.39, 0.29) is 17.2 Å². The molecule has 0 radical (unpaired) electrons. The van der Waals surface area contributed by atoms with Crippen LogP contribution in [0.2, 0.25) is 0 Å². The van der Waals surface area contributed by atoms with E-state index in [9.17, 15) is 4.79 Å². The van der Waals surface area contributed by atoms with Gasteiger partial charge < -0.3 is 9.47 Å². The number of hydrazone groups is 1. The van der Waals surface area contributed by atoms with Gasteiger partial charge in [0.25, 0.3) is 0 Å². The van der Waals surface area contributed by atoms with Crippen molar-refractivity contribution in [2.75, 3.05) is 14.2 Å². The average Bonchev–Trinajstić information content (AvgIpc) is 3.20. The number of nitrogens with zero attached hydrogens (tertiary/aromatic N) is 1. The molecule has 0 spiro atoms. The van der Waals surface area contributed by atoms with Gasteiger partial charge in [-0.2, -0.15) is 5.10 Å². The second-order valence-electron chi connectivity index (χ2n) is 6.68. The van der Waals surface area contributed by atoms with Gasteiger partial charge in [-0.05, 0) is 36.3 Å². The van der Waals surface area contributed by atoms with Crippen LogP contribution in [0.4, 0.5) is 0 Å². The topological polar surface area (TPSA) is 59.9 Å². The van der Waals surface area contributed by atoms with Crippen molar-refractivity contribution in [1.82, 2.24) is 5.43 Å². The maximum atomic E-state index is 12.3. The summed E-state index contributed by atoms with van der Waals surface area (Å²) < 4.78 is 10.5. The van der Waals surface area contributed by atoms with Crippen molar-refractivity contribution < 1.29 is 14.3 Å². The molecule has 0 heterocycles. The first-order chi connectivity index (χ1) is 11.1. The van der Waals surface area contributed by atoms with Gasteiger partial charge >= 0.3 is 0 Å². The van der Waals surface area contributed by atoms with Crippen molar-refractivity contribution in [2.45, 2.75) is 32.6 Å². The third-order valence-electron chi connectivity index (χ3n) is 5.43. The third kappa shape index (κ3) is 2.92. The largest absolute Gasteiger partial charge is 0.497 e. The zero-order valence-electron chi connectivity index (χ0n) is 14.0. The number of hydrogen-bond donors (Lipinski definition) is 1. The fraction of sp³-hybridized carbons (Fsp3) is 0.556. The lowest BCUT2D eigenvalue weighted by atomic mass is 9.90. The first-order valence-electron chi connectivity index (χ1n) is 8.15. The number of nitrogens with one attached hydrogen (secondary N) is 1. The molecule has 2 saturated carbocycles. The summed E-state index contributed by atoms with van der Waals surface area (Å²) >= 11 is 0. The summed E-state index contributed by atoms with van der Waals surface area (Å²) in [5, 5.41) is 4.11. The minimum Gasteiger partial charge on any atom is -0.497 e. The molecule has 0 bridgehead atoms. The molecule has 3 rings (SSSR count). The van der Waals surface area contributed by atoms with Gasteiger partial charge in [0.1, 0.15) is 11.5 Å². The Kier molecular flexibility index (Phi) is 4.28. The first kappa shape index (κ1) is 15.8. The molecule has 1 aromatic rings. The molecule has 1 amide bonds. The quantitative estimate of drug-likeness (QED) is 0.671. The van der Waals surface area contributed by atoms with E-state index in [2.05, 4.69) is 17.5 Å². The Labute approximate surface area is 137 Å². The van der Waals surface area contributed by atoms with Crippen LogP contribution in [-0.4, -0.2) is 26.3 Å². The summed E-state index contributed by atoms with van der Waals surface area (Å²) in [7, 11) is 3.21. The minimum atomic E-state index is 0.0446. The fourth-order valence-corrected chi connectivity index (χ4v) is 4.01. The Morgan fingerprint density at radius 3 is 2.83 bits per heavy atom. The molecule has 23 heavy (non-hydrogen) atoms. The normalized spacial score (nSPS) is 29.0. The van der Waals surface area contributed by atoms with Gasteiger partial charge in [0.2, 0.25) is 5.91 Å². The molecule has 1 aromatic carbocycles. The zero-order valence-corrected chi connectivity index (χ0v) is 14.0. The predicted octanol–water partition coefficient (Wildman–Crippen LogP) is 2.98. The number of hydrogen-bond acceptors (Lipinski definition) is 4. The number of carbonyl (C=O) groups is 1. The lowest BCUT2D eigenvalue weighted by molar-refractivity contribution is -0.123.